The van der Waals surface area contributed by atoms with Crippen molar-refractivity contribution >= 4 is 15.0 Å². The van der Waals surface area contributed by atoms with Crippen molar-refractivity contribution in [2.75, 3.05) is 25.5 Å². The van der Waals surface area contributed by atoms with Crippen molar-refractivity contribution in [2.45, 2.75) is 66.3 Å². The summed E-state index contributed by atoms with van der Waals surface area (Å²) in [4.78, 5) is 0. The van der Waals surface area contributed by atoms with Gasteiger partial charge in [0, 0.05) is 13.2 Å². The lowest BCUT2D eigenvalue weighted by atomic mass is 10.5. The molecule has 0 aromatic carbocycles. The lowest BCUT2D eigenvalue weighted by Gasteiger charge is -2.27. The molecule has 0 heterocycles. The van der Waals surface area contributed by atoms with E-state index in [1.54, 1.807) is 41.5 Å². The summed E-state index contributed by atoms with van der Waals surface area (Å²) in [5, 5.41) is 8.76. The van der Waals surface area contributed by atoms with E-state index >= 15 is 0 Å². The highest BCUT2D eigenvalue weighted by atomic mass is 31.2. The van der Waals surface area contributed by atoms with Gasteiger partial charge in [0.25, 0.3) is 0 Å². The third-order valence-electron chi connectivity index (χ3n) is 2.27. The van der Waals surface area contributed by atoms with Crippen LogP contribution in [-0.4, -0.2) is 48.9 Å². The van der Waals surface area contributed by atoms with Crippen LogP contribution in [0.5, 0.6) is 0 Å². The van der Waals surface area contributed by atoms with Crippen molar-refractivity contribution in [3.63, 3.8) is 0 Å². The highest BCUT2D eigenvalue weighted by Crippen LogP contribution is 2.64. The summed E-state index contributed by atoms with van der Waals surface area (Å²) in [6.45, 7) is 10.7. The molecule has 0 fully saturated rings. The van der Waals surface area contributed by atoms with Crippen LogP contribution < -0.4 is 0 Å². The van der Waals surface area contributed by atoms with Crippen LogP contribution >= 0.6 is 15.0 Å². The average Bonchev–Trinajstić information content (AvgIpc) is 2.30. The van der Waals surface area contributed by atoms with Gasteiger partial charge in [-0.3, -0.25) is 9.13 Å². The first-order chi connectivity index (χ1) is 10.5. The second-order valence-corrected chi connectivity index (χ2v) is 11.0. The van der Waals surface area contributed by atoms with Gasteiger partial charge in [0.1, 0.15) is 12.3 Å². The van der Waals surface area contributed by atoms with Gasteiger partial charge in [0.05, 0.1) is 18.3 Å². The van der Waals surface area contributed by atoms with Crippen LogP contribution in [-0.2, 0) is 27.4 Å². The quantitative estimate of drug-likeness (QED) is 0.384. The first kappa shape index (κ1) is 23.3. The van der Waals surface area contributed by atoms with E-state index < -0.39 is 15.0 Å². The van der Waals surface area contributed by atoms with E-state index in [-0.39, 0.29) is 43.8 Å². The van der Waals surface area contributed by atoms with E-state index in [1.165, 1.54) is 0 Å². The molecule has 0 rings (SSSR count). The Bertz CT molecular complexity index is 396. The largest absolute Gasteiger partial charge is 0.396 e. The van der Waals surface area contributed by atoms with E-state index in [2.05, 4.69) is 0 Å². The van der Waals surface area contributed by atoms with Crippen molar-refractivity contribution in [3.8, 4) is 0 Å². The minimum absolute atomic E-state index is 0.0131. The molecule has 1 atom stereocenters. The van der Waals surface area contributed by atoms with Crippen molar-refractivity contribution in [3.05, 3.63) is 0 Å². The molecule has 9 heteroatoms. The van der Waals surface area contributed by atoms with Gasteiger partial charge in [-0.1, -0.05) is 0 Å². The van der Waals surface area contributed by atoms with Gasteiger partial charge in [-0.25, -0.2) is 0 Å². The van der Waals surface area contributed by atoms with Gasteiger partial charge in [-0.2, -0.15) is 0 Å². The fourth-order valence-corrected chi connectivity index (χ4v) is 7.67. The Labute approximate surface area is 140 Å². The van der Waals surface area contributed by atoms with Gasteiger partial charge in [-0.05, 0) is 48.0 Å². The van der Waals surface area contributed by atoms with Crippen molar-refractivity contribution in [1.82, 2.24) is 0 Å². The van der Waals surface area contributed by atoms with Crippen molar-refractivity contribution in [1.29, 1.82) is 0 Å². The van der Waals surface area contributed by atoms with E-state index in [0.29, 0.717) is 6.42 Å². The van der Waals surface area contributed by atoms with E-state index in [4.69, 9.17) is 23.4 Å². The van der Waals surface area contributed by atoms with Crippen LogP contribution in [0.2, 0.25) is 0 Å². The van der Waals surface area contributed by atoms with Crippen LogP contribution in [0.4, 0.5) is 0 Å². The SMILES string of the molecule is CC(C)OP(=O)(COCCCO)CP(=O)(OC(C)C)OC(C)C. The zero-order chi connectivity index (χ0) is 18.1. The molecule has 0 saturated heterocycles. The Hall–Kier alpha value is 0.260. The number of aliphatic hydroxyl groups is 1. The summed E-state index contributed by atoms with van der Waals surface area (Å²) >= 11 is 0. The molecule has 0 spiro atoms. The van der Waals surface area contributed by atoms with Gasteiger partial charge in [0.2, 0.25) is 7.37 Å². The topological polar surface area (TPSA) is 91.3 Å². The van der Waals surface area contributed by atoms with E-state index in [9.17, 15) is 9.13 Å². The number of ether oxygens (including phenoxy) is 1. The second-order valence-electron chi connectivity index (χ2n) is 6.14. The summed E-state index contributed by atoms with van der Waals surface area (Å²) < 4.78 is 47.7. The maximum absolute atomic E-state index is 13.0. The highest BCUT2D eigenvalue weighted by Gasteiger charge is 2.39. The molecule has 23 heavy (non-hydrogen) atoms. The Kier molecular flexibility index (Phi) is 11.1. The molecule has 0 aliphatic carbocycles. The zero-order valence-corrected chi connectivity index (χ0v) is 16.8. The standard InChI is InChI=1S/C14H32O7P2/c1-12(2)19-22(16,10-18-9-7-8-15)11-23(17,20-13(3)4)21-14(5)6/h12-15H,7-11H2,1-6H3. The maximum Gasteiger partial charge on any atom is 0.340 e. The zero-order valence-electron chi connectivity index (χ0n) is 15.1. The monoisotopic (exact) mass is 374 g/mol. The number of hydrogen-bond acceptors (Lipinski definition) is 7. The summed E-state index contributed by atoms with van der Waals surface area (Å²) in [6, 6.07) is 0. The Morgan fingerprint density at radius 2 is 1.35 bits per heavy atom. The van der Waals surface area contributed by atoms with Crippen molar-refractivity contribution in [2.24, 2.45) is 0 Å². The highest BCUT2D eigenvalue weighted by molar-refractivity contribution is 7.73. The predicted octanol–water partition coefficient (Wildman–Crippen LogP) is 4.05. The molecule has 140 valence electrons. The Balaban J connectivity index is 5.11. The van der Waals surface area contributed by atoms with Crippen LogP contribution in [0.15, 0.2) is 0 Å². The van der Waals surface area contributed by atoms with Crippen LogP contribution in [0.1, 0.15) is 48.0 Å². The minimum atomic E-state index is -3.58. The first-order valence-electron chi connectivity index (χ1n) is 7.93. The van der Waals surface area contributed by atoms with Gasteiger partial charge >= 0.3 is 7.60 Å². The van der Waals surface area contributed by atoms with Crippen LogP contribution in [0.3, 0.4) is 0 Å². The summed E-state index contributed by atoms with van der Waals surface area (Å²) in [5.74, 6) is -0.326. The Morgan fingerprint density at radius 3 is 1.74 bits per heavy atom. The molecule has 0 bridgehead atoms. The second kappa shape index (κ2) is 11.0. The maximum atomic E-state index is 13.0. The summed E-state index contributed by atoms with van der Waals surface area (Å²) in [6.07, 6.45) is -0.721. The molecule has 7 nitrogen and oxygen atoms in total. The van der Waals surface area contributed by atoms with Crippen molar-refractivity contribution < 1.29 is 32.5 Å². The van der Waals surface area contributed by atoms with E-state index in [0.717, 1.165) is 0 Å². The molecule has 1 unspecified atom stereocenters. The molecular weight excluding hydrogens is 342 g/mol. The minimum Gasteiger partial charge on any atom is -0.396 e. The molecule has 0 aromatic heterocycles. The normalized spacial score (nSPS) is 15.6. The fourth-order valence-electron chi connectivity index (χ4n) is 1.86. The summed E-state index contributed by atoms with van der Waals surface area (Å²) in [7, 11) is -6.95. The molecule has 0 saturated carbocycles. The average molecular weight is 374 g/mol. The lowest BCUT2D eigenvalue weighted by molar-refractivity contribution is 0.130. The first-order valence-corrected chi connectivity index (χ1v) is 11.6. The molecular formula is C14H32O7P2. The predicted molar refractivity (Wildman–Crippen MR) is 91.3 cm³/mol. The summed E-state index contributed by atoms with van der Waals surface area (Å²) in [5.41, 5.74) is 0. The lowest BCUT2D eigenvalue weighted by Crippen LogP contribution is -2.15. The number of aliphatic hydroxyl groups excluding tert-OH is 1. The number of rotatable bonds is 13. The molecule has 0 aromatic rings. The molecule has 0 aliphatic heterocycles. The van der Waals surface area contributed by atoms with Gasteiger partial charge < -0.3 is 23.4 Å². The third-order valence-corrected chi connectivity index (χ3v) is 8.25. The van der Waals surface area contributed by atoms with Gasteiger partial charge in [-0.15, -0.1) is 0 Å². The molecule has 0 radical (unpaired) electrons. The fraction of sp³-hybridized carbons (Fsp3) is 1.00. The molecule has 0 aliphatic rings. The smallest absolute Gasteiger partial charge is 0.340 e. The van der Waals surface area contributed by atoms with Crippen LogP contribution in [0, 0.1) is 0 Å². The number of hydrogen-bond donors (Lipinski definition) is 1. The van der Waals surface area contributed by atoms with Crippen LogP contribution in [0.25, 0.3) is 0 Å². The van der Waals surface area contributed by atoms with E-state index in [1.807, 2.05) is 0 Å². The molecule has 0 amide bonds. The van der Waals surface area contributed by atoms with Gasteiger partial charge in [0.15, 0.2) is 0 Å². The Morgan fingerprint density at radius 1 is 0.870 bits per heavy atom. The molecule has 1 N–H and O–H groups in total. The third kappa shape index (κ3) is 11.4.